The fourth-order valence-electron chi connectivity index (χ4n) is 4.41. The summed E-state index contributed by atoms with van der Waals surface area (Å²) >= 11 is -1.29. The van der Waals surface area contributed by atoms with E-state index in [0.717, 1.165) is 47.2 Å². The van der Waals surface area contributed by atoms with Crippen LogP contribution in [0.1, 0.15) is 63.8 Å². The summed E-state index contributed by atoms with van der Waals surface area (Å²) in [6, 6.07) is 0. The summed E-state index contributed by atoms with van der Waals surface area (Å²) in [6.45, 7) is 8.88. The van der Waals surface area contributed by atoms with E-state index in [1.165, 1.54) is 44.3 Å². The fraction of sp³-hybridized carbons (Fsp3) is 0.640. The van der Waals surface area contributed by atoms with Gasteiger partial charge in [-0.05, 0) is 89.6 Å². The second-order valence-electron chi connectivity index (χ2n) is 9.59. The van der Waals surface area contributed by atoms with E-state index >= 15 is 0 Å². The van der Waals surface area contributed by atoms with Gasteiger partial charge in [0.15, 0.2) is 4.91 Å². The zero-order valence-corrected chi connectivity index (χ0v) is 20.8. The molecule has 0 amide bonds. The Balaban J connectivity index is 1.52. The number of aryl methyl sites for hydroxylation is 1. The van der Waals surface area contributed by atoms with Crippen LogP contribution in [0, 0.1) is 18.8 Å². The van der Waals surface area contributed by atoms with Gasteiger partial charge < -0.3 is 9.45 Å². The number of likely N-dealkylation sites (tertiary alicyclic amines) is 1. The molecule has 1 aromatic heterocycles. The first-order valence-corrected chi connectivity index (χ1v) is 12.9. The predicted molar refractivity (Wildman–Crippen MR) is 132 cm³/mol. The molecule has 1 aliphatic heterocycles. The molecular formula is C25H40N4OS. The van der Waals surface area contributed by atoms with Crippen molar-refractivity contribution in [3.05, 3.63) is 46.2 Å². The third-order valence-corrected chi connectivity index (χ3v) is 7.61. The minimum absolute atomic E-state index is 0.501. The van der Waals surface area contributed by atoms with E-state index in [9.17, 15) is 4.55 Å². The first kappa shape index (κ1) is 24.1. The highest BCUT2D eigenvalue weighted by Crippen LogP contribution is 2.28. The maximum atomic E-state index is 13.1. The van der Waals surface area contributed by atoms with Gasteiger partial charge in [0.05, 0.1) is 11.4 Å². The van der Waals surface area contributed by atoms with Crippen molar-refractivity contribution < 1.29 is 4.55 Å². The molecule has 6 heteroatoms. The highest BCUT2D eigenvalue weighted by molar-refractivity contribution is 7.96. The molecule has 1 aliphatic carbocycles. The Hall–Kier alpha value is -1.50. The molecule has 5 nitrogen and oxygen atoms in total. The molecule has 172 valence electrons. The summed E-state index contributed by atoms with van der Waals surface area (Å²) in [5.74, 6) is 1.39. The molecule has 1 atom stereocenters. The summed E-state index contributed by atoms with van der Waals surface area (Å²) in [5, 5.41) is 4.62. The van der Waals surface area contributed by atoms with Crippen LogP contribution in [0.2, 0.25) is 0 Å². The van der Waals surface area contributed by atoms with Crippen molar-refractivity contribution in [2.75, 3.05) is 24.9 Å². The molecule has 1 N–H and O–H groups in total. The van der Waals surface area contributed by atoms with Gasteiger partial charge in [0.2, 0.25) is 0 Å². The average molecular weight is 445 g/mol. The van der Waals surface area contributed by atoms with Gasteiger partial charge >= 0.3 is 0 Å². The number of nitrogens with one attached hydrogen (secondary N) is 1. The van der Waals surface area contributed by atoms with E-state index in [1.54, 1.807) is 0 Å². The number of allylic oxidation sites excluding steroid dienone is 5. The van der Waals surface area contributed by atoms with Gasteiger partial charge in [-0.2, -0.15) is 9.82 Å². The van der Waals surface area contributed by atoms with Gasteiger partial charge in [-0.1, -0.05) is 38.0 Å². The minimum atomic E-state index is -1.29. The van der Waals surface area contributed by atoms with Crippen molar-refractivity contribution in [3.8, 4) is 0 Å². The number of hydrogen-bond donors (Lipinski definition) is 1. The Labute approximate surface area is 192 Å². The average Bonchev–Trinajstić information content (AvgIpc) is 2.90. The van der Waals surface area contributed by atoms with Crippen LogP contribution in [0.4, 0.5) is 5.69 Å². The van der Waals surface area contributed by atoms with Crippen LogP contribution in [0.25, 0.3) is 0 Å². The highest BCUT2D eigenvalue weighted by Gasteiger charge is 2.22. The monoisotopic (exact) mass is 444 g/mol. The molecule has 0 radical (unpaired) electrons. The van der Waals surface area contributed by atoms with Gasteiger partial charge in [0.25, 0.3) is 0 Å². The van der Waals surface area contributed by atoms with Crippen LogP contribution >= 0.6 is 0 Å². The third kappa shape index (κ3) is 6.99. The molecule has 0 aromatic carbocycles. The number of piperidine rings is 1. The SMILES string of the molecule is Cc1c(N[S+]([O-])C2=CCC=C(CCCC3CCN(C)CC3)C=C2)c(CC(C)C)nn1C. The number of anilines is 1. The van der Waals surface area contributed by atoms with Crippen molar-refractivity contribution in [2.45, 2.75) is 65.7 Å². The van der Waals surface area contributed by atoms with E-state index in [-0.39, 0.29) is 0 Å². The van der Waals surface area contributed by atoms with Crippen LogP contribution in [0.5, 0.6) is 0 Å². The van der Waals surface area contributed by atoms with E-state index in [1.807, 2.05) is 24.7 Å². The summed E-state index contributed by atoms with van der Waals surface area (Å²) < 4.78 is 18.2. The zero-order chi connectivity index (χ0) is 22.4. The standard InChI is InChI=1S/C25H40N4OS/c1-19(2)18-24-25(20(3)29(5)26-24)27-31(30)23-11-7-10-21(12-13-23)8-6-9-22-14-16-28(4)17-15-22/h10-13,19,22,27H,6-9,14-18H2,1-5H3. The first-order chi connectivity index (χ1) is 14.8. The van der Waals surface area contributed by atoms with Crippen molar-refractivity contribution in [1.82, 2.24) is 14.7 Å². The van der Waals surface area contributed by atoms with Crippen LogP contribution in [-0.4, -0.2) is 39.4 Å². The lowest BCUT2D eigenvalue weighted by atomic mass is 9.91. The van der Waals surface area contributed by atoms with Gasteiger partial charge in [-0.3, -0.25) is 4.68 Å². The maximum absolute atomic E-state index is 13.1. The van der Waals surface area contributed by atoms with Crippen molar-refractivity contribution in [3.63, 3.8) is 0 Å². The molecule has 1 fully saturated rings. The van der Waals surface area contributed by atoms with E-state index in [4.69, 9.17) is 0 Å². The Kier molecular flexibility index (Phi) is 8.87. The largest absolute Gasteiger partial charge is 0.588 e. The third-order valence-electron chi connectivity index (χ3n) is 6.49. The van der Waals surface area contributed by atoms with Crippen molar-refractivity contribution in [2.24, 2.45) is 18.9 Å². The quantitative estimate of drug-likeness (QED) is 0.526. The molecule has 3 rings (SSSR count). The summed E-state index contributed by atoms with van der Waals surface area (Å²) in [6.07, 6.45) is 16.6. The van der Waals surface area contributed by atoms with Crippen LogP contribution in [-0.2, 0) is 24.8 Å². The van der Waals surface area contributed by atoms with Crippen molar-refractivity contribution in [1.29, 1.82) is 0 Å². The number of aromatic nitrogens is 2. The lowest BCUT2D eigenvalue weighted by molar-refractivity contribution is 0.210. The fourth-order valence-corrected chi connectivity index (χ4v) is 5.42. The molecule has 2 heterocycles. The van der Waals surface area contributed by atoms with Crippen LogP contribution in [0.15, 0.2) is 34.8 Å². The number of rotatable bonds is 9. The normalized spacial score (nSPS) is 19.3. The van der Waals surface area contributed by atoms with E-state index in [2.05, 4.69) is 53.8 Å². The summed E-state index contributed by atoms with van der Waals surface area (Å²) in [4.78, 5) is 3.29. The maximum Gasteiger partial charge on any atom is 0.176 e. The first-order valence-electron chi connectivity index (χ1n) is 11.8. The van der Waals surface area contributed by atoms with Gasteiger partial charge in [-0.15, -0.1) is 0 Å². The molecule has 1 unspecified atom stereocenters. The van der Waals surface area contributed by atoms with Gasteiger partial charge in [-0.25, -0.2) is 0 Å². The highest BCUT2D eigenvalue weighted by atomic mass is 32.2. The van der Waals surface area contributed by atoms with E-state index < -0.39 is 11.4 Å². The molecule has 1 saturated heterocycles. The topological polar surface area (TPSA) is 56.1 Å². The van der Waals surface area contributed by atoms with Gasteiger partial charge in [0, 0.05) is 7.05 Å². The zero-order valence-electron chi connectivity index (χ0n) is 20.0. The van der Waals surface area contributed by atoms with Crippen molar-refractivity contribution >= 4 is 17.0 Å². The lowest BCUT2D eigenvalue weighted by Crippen LogP contribution is -2.30. The second-order valence-corrected chi connectivity index (χ2v) is 10.8. The Bertz CT molecular complexity index is 816. The smallest absolute Gasteiger partial charge is 0.176 e. The molecule has 0 bridgehead atoms. The molecule has 2 aliphatic rings. The molecule has 0 spiro atoms. The lowest BCUT2D eigenvalue weighted by Gasteiger charge is -2.28. The summed E-state index contributed by atoms with van der Waals surface area (Å²) in [5.41, 5.74) is 4.30. The van der Waals surface area contributed by atoms with Crippen LogP contribution in [0.3, 0.4) is 0 Å². The number of nitrogens with zero attached hydrogens (tertiary/aromatic N) is 3. The Morgan fingerprint density at radius 1 is 1.19 bits per heavy atom. The molecular weight excluding hydrogens is 404 g/mol. The second kappa shape index (κ2) is 11.4. The predicted octanol–water partition coefficient (Wildman–Crippen LogP) is 5.28. The molecule has 31 heavy (non-hydrogen) atoms. The Morgan fingerprint density at radius 2 is 1.94 bits per heavy atom. The summed E-state index contributed by atoms with van der Waals surface area (Å²) in [7, 11) is 4.17. The van der Waals surface area contributed by atoms with E-state index in [0.29, 0.717) is 5.92 Å². The number of hydrogen-bond acceptors (Lipinski definition) is 4. The minimum Gasteiger partial charge on any atom is -0.588 e. The molecule has 1 aromatic rings. The van der Waals surface area contributed by atoms with Crippen LogP contribution < -0.4 is 4.72 Å². The van der Waals surface area contributed by atoms with Gasteiger partial charge in [0.1, 0.15) is 17.0 Å². The molecule has 0 saturated carbocycles. The Morgan fingerprint density at radius 3 is 2.65 bits per heavy atom.